The number of hydrogen-bond acceptors (Lipinski definition) is 4. The van der Waals surface area contributed by atoms with Gasteiger partial charge in [-0.2, -0.15) is 0 Å². The minimum absolute atomic E-state index is 0.124. The first-order valence-electron chi connectivity index (χ1n) is 12.1. The van der Waals surface area contributed by atoms with Crippen LogP contribution < -0.4 is 9.47 Å². The van der Waals surface area contributed by atoms with Crippen molar-refractivity contribution in [2.75, 3.05) is 13.3 Å². The van der Waals surface area contributed by atoms with Crippen molar-refractivity contribution >= 4 is 0 Å². The Kier molecular flexibility index (Phi) is 7.68. The highest BCUT2D eigenvalue weighted by Gasteiger charge is 2.23. The molecule has 1 aliphatic heterocycles. The van der Waals surface area contributed by atoms with E-state index in [2.05, 4.69) is 55.4 Å². The third-order valence-corrected chi connectivity index (χ3v) is 6.47. The van der Waals surface area contributed by atoms with Gasteiger partial charge in [0.15, 0.2) is 11.5 Å². The molecule has 1 atom stereocenters. The summed E-state index contributed by atoms with van der Waals surface area (Å²) >= 11 is 0. The molecular weight excluding hydrogens is 429 g/mol. The van der Waals surface area contributed by atoms with Crippen LogP contribution in [0.25, 0.3) is 11.4 Å². The number of unbranched alkanes of at least 4 members (excludes halogenated alkanes) is 1. The van der Waals surface area contributed by atoms with Gasteiger partial charge in [-0.05, 0) is 69.2 Å². The lowest BCUT2D eigenvalue weighted by Gasteiger charge is -2.30. The molecule has 2 aromatic carbocycles. The molecule has 0 aliphatic carbocycles. The van der Waals surface area contributed by atoms with Crippen LogP contribution >= 0.6 is 0 Å². The first-order valence-corrected chi connectivity index (χ1v) is 12.1. The number of fused-ring (bicyclic) bond motifs is 1. The number of aromatic nitrogens is 2. The zero-order valence-corrected chi connectivity index (χ0v) is 20.6. The van der Waals surface area contributed by atoms with Crippen molar-refractivity contribution in [1.82, 2.24) is 14.5 Å². The summed E-state index contributed by atoms with van der Waals surface area (Å²) in [7, 11) is 0. The third kappa shape index (κ3) is 5.33. The Labute approximate surface area is 201 Å². The zero-order valence-electron chi connectivity index (χ0n) is 20.6. The molecule has 0 spiro atoms. The summed E-state index contributed by atoms with van der Waals surface area (Å²) in [5.41, 5.74) is 4.59. The molecule has 180 valence electrons. The summed E-state index contributed by atoms with van der Waals surface area (Å²) in [4.78, 5) is 7.25. The fraction of sp³-hybridized carbons (Fsp3) is 0.393. The molecule has 5 nitrogen and oxygen atoms in total. The molecule has 0 saturated heterocycles. The molecule has 0 radical (unpaired) electrons. The molecule has 1 unspecified atom stereocenters. The van der Waals surface area contributed by atoms with Gasteiger partial charge in [0.1, 0.15) is 11.6 Å². The molecular formula is C28H34FN3O2. The minimum Gasteiger partial charge on any atom is -0.454 e. The lowest BCUT2D eigenvalue weighted by molar-refractivity contribution is 0.173. The van der Waals surface area contributed by atoms with E-state index in [0.717, 1.165) is 61.1 Å². The summed E-state index contributed by atoms with van der Waals surface area (Å²) in [6.45, 7) is 11.4. The van der Waals surface area contributed by atoms with Crippen molar-refractivity contribution in [3.63, 3.8) is 0 Å². The molecule has 4 rings (SSSR count). The Morgan fingerprint density at radius 3 is 2.68 bits per heavy atom. The van der Waals surface area contributed by atoms with Crippen molar-refractivity contribution in [3.8, 4) is 22.9 Å². The highest BCUT2D eigenvalue weighted by molar-refractivity contribution is 5.56. The van der Waals surface area contributed by atoms with Gasteiger partial charge >= 0.3 is 0 Å². The lowest BCUT2D eigenvalue weighted by atomic mass is 10.1. The monoisotopic (exact) mass is 463 g/mol. The van der Waals surface area contributed by atoms with Gasteiger partial charge in [-0.3, -0.25) is 4.90 Å². The normalized spacial score (nSPS) is 14.1. The largest absolute Gasteiger partial charge is 0.454 e. The first-order chi connectivity index (χ1) is 16.5. The van der Waals surface area contributed by atoms with Crippen LogP contribution in [-0.4, -0.2) is 27.8 Å². The van der Waals surface area contributed by atoms with E-state index < -0.39 is 0 Å². The second-order valence-electron chi connectivity index (χ2n) is 8.92. The van der Waals surface area contributed by atoms with Gasteiger partial charge < -0.3 is 14.0 Å². The van der Waals surface area contributed by atoms with E-state index in [1.54, 1.807) is 0 Å². The molecule has 0 amide bonds. The van der Waals surface area contributed by atoms with E-state index in [9.17, 15) is 4.39 Å². The summed E-state index contributed by atoms with van der Waals surface area (Å²) in [5, 5.41) is 0. The Hall–Kier alpha value is -3.12. The van der Waals surface area contributed by atoms with E-state index >= 15 is 0 Å². The number of hydrogen-bond donors (Lipinski definition) is 0. The second kappa shape index (κ2) is 10.9. The van der Waals surface area contributed by atoms with Crippen LogP contribution in [0.5, 0.6) is 11.5 Å². The lowest BCUT2D eigenvalue weighted by Crippen LogP contribution is -2.30. The Morgan fingerprint density at radius 2 is 1.94 bits per heavy atom. The molecule has 1 aromatic heterocycles. The molecule has 0 bridgehead atoms. The van der Waals surface area contributed by atoms with E-state index in [-0.39, 0.29) is 18.7 Å². The van der Waals surface area contributed by atoms with Crippen molar-refractivity contribution in [2.45, 2.75) is 59.7 Å². The van der Waals surface area contributed by atoms with E-state index in [1.807, 2.05) is 24.4 Å². The highest BCUT2D eigenvalue weighted by atomic mass is 19.1. The van der Waals surface area contributed by atoms with E-state index in [4.69, 9.17) is 14.5 Å². The number of rotatable bonds is 10. The van der Waals surface area contributed by atoms with Crippen molar-refractivity contribution in [2.24, 2.45) is 0 Å². The Balaban J connectivity index is 1.67. The van der Waals surface area contributed by atoms with Gasteiger partial charge in [-0.1, -0.05) is 31.1 Å². The number of halogens is 1. The topological polar surface area (TPSA) is 39.5 Å². The van der Waals surface area contributed by atoms with Crippen LogP contribution in [0.2, 0.25) is 0 Å². The van der Waals surface area contributed by atoms with Crippen LogP contribution in [0.15, 0.2) is 60.3 Å². The standard InChI is InChI=1S/C28H34FN3O2/c1-5-7-14-32-25(16-30-28(32)23-9-11-24(29)12-10-23)21(4)31(17-20(3)6-2)18-22-8-13-26-27(15-22)34-19-33-26/h6,8-13,15-16,21H,5,7,14,17-19H2,1-4H3/b20-6+. The van der Waals surface area contributed by atoms with E-state index in [0.29, 0.717) is 0 Å². The number of allylic oxidation sites excluding steroid dienone is 1. The van der Waals surface area contributed by atoms with Gasteiger partial charge in [0, 0.05) is 31.2 Å². The van der Waals surface area contributed by atoms with Crippen molar-refractivity contribution in [3.05, 3.63) is 77.4 Å². The molecule has 0 fully saturated rings. The molecule has 3 aromatic rings. The SMILES string of the molecule is C/C=C(\C)CN(Cc1ccc2c(c1)OCO2)C(C)c1cnc(-c2ccc(F)cc2)n1CCCC. The number of nitrogens with zero attached hydrogens (tertiary/aromatic N) is 3. The van der Waals surface area contributed by atoms with Gasteiger partial charge in [0.25, 0.3) is 0 Å². The first kappa shape index (κ1) is 24.0. The van der Waals surface area contributed by atoms with Crippen LogP contribution in [-0.2, 0) is 13.1 Å². The van der Waals surface area contributed by atoms with Gasteiger partial charge in [0.2, 0.25) is 6.79 Å². The average molecular weight is 464 g/mol. The fourth-order valence-corrected chi connectivity index (χ4v) is 4.31. The summed E-state index contributed by atoms with van der Waals surface area (Å²) in [5.74, 6) is 2.26. The van der Waals surface area contributed by atoms with Crippen molar-refractivity contribution < 1.29 is 13.9 Å². The average Bonchev–Trinajstić information content (AvgIpc) is 3.49. The second-order valence-corrected chi connectivity index (χ2v) is 8.92. The molecule has 1 aliphatic rings. The molecule has 34 heavy (non-hydrogen) atoms. The summed E-state index contributed by atoms with van der Waals surface area (Å²) in [6.07, 6.45) is 6.29. The summed E-state index contributed by atoms with van der Waals surface area (Å²) in [6, 6.07) is 12.9. The minimum atomic E-state index is -0.235. The highest BCUT2D eigenvalue weighted by Crippen LogP contribution is 2.34. The molecule has 6 heteroatoms. The Morgan fingerprint density at radius 1 is 1.18 bits per heavy atom. The molecule has 2 heterocycles. The van der Waals surface area contributed by atoms with Gasteiger partial charge in [-0.15, -0.1) is 0 Å². The number of benzene rings is 2. The van der Waals surface area contributed by atoms with Crippen LogP contribution in [0, 0.1) is 5.82 Å². The summed E-state index contributed by atoms with van der Waals surface area (Å²) < 4.78 is 26.9. The molecule has 0 N–H and O–H groups in total. The fourth-order valence-electron chi connectivity index (χ4n) is 4.31. The van der Waals surface area contributed by atoms with Gasteiger partial charge in [0.05, 0.1) is 11.9 Å². The zero-order chi connectivity index (χ0) is 24.1. The maximum Gasteiger partial charge on any atom is 0.231 e. The van der Waals surface area contributed by atoms with Gasteiger partial charge in [-0.25, -0.2) is 9.37 Å². The van der Waals surface area contributed by atoms with Crippen LogP contribution in [0.4, 0.5) is 4.39 Å². The maximum atomic E-state index is 13.5. The van der Waals surface area contributed by atoms with Crippen LogP contribution in [0.1, 0.15) is 57.8 Å². The van der Waals surface area contributed by atoms with Crippen molar-refractivity contribution in [1.29, 1.82) is 0 Å². The molecule has 0 saturated carbocycles. The predicted octanol–water partition coefficient (Wildman–Crippen LogP) is 6.75. The third-order valence-electron chi connectivity index (χ3n) is 6.47. The maximum absolute atomic E-state index is 13.5. The van der Waals surface area contributed by atoms with Crippen LogP contribution in [0.3, 0.4) is 0 Å². The predicted molar refractivity (Wildman–Crippen MR) is 133 cm³/mol. The quantitative estimate of drug-likeness (QED) is 0.312. The number of ether oxygens (including phenoxy) is 2. The van der Waals surface area contributed by atoms with E-state index in [1.165, 1.54) is 23.3 Å². The smallest absolute Gasteiger partial charge is 0.231 e. The number of imidazole rings is 1. The Bertz CT molecular complexity index is 1140.